The summed E-state index contributed by atoms with van der Waals surface area (Å²) in [5.41, 5.74) is 2.25. The monoisotopic (exact) mass is 344 g/mol. The van der Waals surface area contributed by atoms with E-state index < -0.39 is 6.17 Å². The third-order valence-corrected chi connectivity index (χ3v) is 4.35. The molecule has 0 aliphatic carbocycles. The first-order valence-corrected chi connectivity index (χ1v) is 8.40. The van der Waals surface area contributed by atoms with Gasteiger partial charge in [0.1, 0.15) is 6.17 Å². The summed E-state index contributed by atoms with van der Waals surface area (Å²) in [5.74, 6) is 1.14. The summed E-state index contributed by atoms with van der Waals surface area (Å²) in [6.45, 7) is 5.09. The predicted molar refractivity (Wildman–Crippen MR) is 93.9 cm³/mol. The van der Waals surface area contributed by atoms with Crippen LogP contribution in [0.3, 0.4) is 0 Å². The van der Waals surface area contributed by atoms with Crippen LogP contribution in [-0.2, 0) is 7.05 Å². The van der Waals surface area contributed by atoms with Crippen molar-refractivity contribution in [3.63, 3.8) is 0 Å². The second-order valence-electron chi connectivity index (χ2n) is 6.65. The number of imidazole rings is 1. The molecule has 4 heterocycles. The summed E-state index contributed by atoms with van der Waals surface area (Å²) in [6.07, 6.45) is 5.03. The van der Waals surface area contributed by atoms with Crippen molar-refractivity contribution in [3.8, 4) is 0 Å². The summed E-state index contributed by atoms with van der Waals surface area (Å²) in [6, 6.07) is 0.214. The summed E-state index contributed by atoms with van der Waals surface area (Å²) in [4.78, 5) is 15.7. The van der Waals surface area contributed by atoms with Crippen molar-refractivity contribution < 1.29 is 4.39 Å². The number of anilines is 3. The maximum atomic E-state index is 13.6. The van der Waals surface area contributed by atoms with Crippen LogP contribution in [0.1, 0.15) is 26.3 Å². The SMILES string of the molecule is CC(C)n1cnc2c(Nc3cnn(C)c3)nc(N3CCC(F)C3)nc21. The summed E-state index contributed by atoms with van der Waals surface area (Å²) >= 11 is 0. The van der Waals surface area contributed by atoms with Gasteiger partial charge in [0.05, 0.1) is 24.8 Å². The van der Waals surface area contributed by atoms with E-state index in [4.69, 9.17) is 0 Å². The number of alkyl halides is 1. The Labute approximate surface area is 144 Å². The second kappa shape index (κ2) is 5.98. The largest absolute Gasteiger partial charge is 0.338 e. The number of nitrogens with zero attached hydrogens (tertiary/aromatic N) is 7. The molecule has 8 nitrogen and oxygen atoms in total. The smallest absolute Gasteiger partial charge is 0.229 e. The van der Waals surface area contributed by atoms with Crippen LogP contribution in [0.4, 0.5) is 21.8 Å². The number of halogens is 1. The van der Waals surface area contributed by atoms with Crippen molar-refractivity contribution in [1.29, 1.82) is 0 Å². The molecule has 4 rings (SSSR count). The highest BCUT2D eigenvalue weighted by Gasteiger charge is 2.26. The van der Waals surface area contributed by atoms with E-state index >= 15 is 0 Å². The van der Waals surface area contributed by atoms with Crippen LogP contribution >= 0.6 is 0 Å². The highest BCUT2D eigenvalue weighted by molar-refractivity contribution is 5.86. The van der Waals surface area contributed by atoms with E-state index in [-0.39, 0.29) is 6.04 Å². The van der Waals surface area contributed by atoms with Gasteiger partial charge >= 0.3 is 0 Å². The molecule has 1 aliphatic heterocycles. The molecule has 0 radical (unpaired) electrons. The van der Waals surface area contributed by atoms with Crippen molar-refractivity contribution in [2.24, 2.45) is 7.05 Å². The van der Waals surface area contributed by atoms with Gasteiger partial charge < -0.3 is 14.8 Å². The third kappa shape index (κ3) is 2.90. The number of rotatable bonds is 4. The van der Waals surface area contributed by atoms with Crippen LogP contribution in [-0.4, -0.2) is 48.6 Å². The molecule has 3 aromatic heterocycles. The average molecular weight is 344 g/mol. The van der Waals surface area contributed by atoms with Gasteiger partial charge in [-0.15, -0.1) is 0 Å². The van der Waals surface area contributed by atoms with Crippen molar-refractivity contribution >= 4 is 28.6 Å². The molecule has 9 heteroatoms. The fraction of sp³-hybridized carbons (Fsp3) is 0.500. The minimum absolute atomic E-state index is 0.214. The van der Waals surface area contributed by atoms with Gasteiger partial charge in [-0.25, -0.2) is 9.37 Å². The second-order valence-corrected chi connectivity index (χ2v) is 6.65. The van der Waals surface area contributed by atoms with E-state index in [0.717, 1.165) is 11.3 Å². The summed E-state index contributed by atoms with van der Waals surface area (Å²) in [7, 11) is 1.85. The highest BCUT2D eigenvalue weighted by Crippen LogP contribution is 2.28. The Balaban J connectivity index is 1.81. The quantitative estimate of drug-likeness (QED) is 0.783. The molecule has 1 saturated heterocycles. The maximum Gasteiger partial charge on any atom is 0.229 e. The number of nitrogens with one attached hydrogen (secondary N) is 1. The normalized spacial score (nSPS) is 17.8. The minimum Gasteiger partial charge on any atom is -0.338 e. The zero-order chi connectivity index (χ0) is 17.6. The van der Waals surface area contributed by atoms with Crippen molar-refractivity contribution in [2.75, 3.05) is 23.3 Å². The lowest BCUT2D eigenvalue weighted by Crippen LogP contribution is -2.23. The van der Waals surface area contributed by atoms with E-state index in [0.29, 0.717) is 36.8 Å². The molecule has 132 valence electrons. The van der Waals surface area contributed by atoms with Gasteiger partial charge in [-0.05, 0) is 20.3 Å². The molecule has 25 heavy (non-hydrogen) atoms. The lowest BCUT2D eigenvalue weighted by atomic mass is 10.3. The van der Waals surface area contributed by atoms with Gasteiger partial charge in [-0.3, -0.25) is 4.68 Å². The van der Waals surface area contributed by atoms with Crippen LogP contribution in [0.15, 0.2) is 18.7 Å². The van der Waals surface area contributed by atoms with Crippen molar-refractivity contribution in [2.45, 2.75) is 32.5 Å². The molecule has 0 saturated carbocycles. The zero-order valence-corrected chi connectivity index (χ0v) is 14.5. The van der Waals surface area contributed by atoms with E-state index in [9.17, 15) is 4.39 Å². The van der Waals surface area contributed by atoms with E-state index in [1.807, 2.05) is 22.7 Å². The maximum absolute atomic E-state index is 13.6. The Hall–Kier alpha value is -2.71. The van der Waals surface area contributed by atoms with Gasteiger partial charge in [0, 0.05) is 25.8 Å². The van der Waals surface area contributed by atoms with Crippen LogP contribution in [0, 0.1) is 0 Å². The zero-order valence-electron chi connectivity index (χ0n) is 14.5. The highest BCUT2D eigenvalue weighted by atomic mass is 19.1. The summed E-state index contributed by atoms with van der Waals surface area (Å²) < 4.78 is 17.3. The van der Waals surface area contributed by atoms with Crippen molar-refractivity contribution in [3.05, 3.63) is 18.7 Å². The Bertz CT molecular complexity index is 899. The Morgan fingerprint density at radius 2 is 2.16 bits per heavy atom. The van der Waals surface area contributed by atoms with Gasteiger partial charge in [0.25, 0.3) is 0 Å². The van der Waals surface area contributed by atoms with Crippen LogP contribution in [0.25, 0.3) is 11.2 Å². The topological polar surface area (TPSA) is 76.7 Å². The molecule has 1 aliphatic rings. The lowest BCUT2D eigenvalue weighted by molar-refractivity contribution is 0.364. The number of hydrogen-bond acceptors (Lipinski definition) is 6. The van der Waals surface area contributed by atoms with Crippen LogP contribution < -0.4 is 10.2 Å². The first-order chi connectivity index (χ1) is 12.0. The van der Waals surface area contributed by atoms with Gasteiger partial charge in [-0.1, -0.05) is 0 Å². The molecule has 0 amide bonds. The first kappa shape index (κ1) is 15.8. The van der Waals surface area contributed by atoms with Gasteiger partial charge in [0.15, 0.2) is 17.0 Å². The molecule has 0 spiro atoms. The lowest BCUT2D eigenvalue weighted by Gasteiger charge is -2.17. The molecule has 0 aromatic carbocycles. The molecule has 1 unspecified atom stereocenters. The van der Waals surface area contributed by atoms with E-state index in [1.54, 1.807) is 17.2 Å². The first-order valence-electron chi connectivity index (χ1n) is 8.40. The van der Waals surface area contributed by atoms with Crippen molar-refractivity contribution in [1.82, 2.24) is 29.3 Å². The Kier molecular flexibility index (Phi) is 3.78. The number of fused-ring (bicyclic) bond motifs is 1. The van der Waals surface area contributed by atoms with Crippen LogP contribution in [0.2, 0.25) is 0 Å². The fourth-order valence-corrected chi connectivity index (χ4v) is 3.03. The molecule has 3 aromatic rings. The number of aromatic nitrogens is 6. The Morgan fingerprint density at radius 1 is 1.32 bits per heavy atom. The average Bonchev–Trinajstić information content (AvgIpc) is 3.27. The molecular formula is C16H21FN8. The molecule has 0 bridgehead atoms. The molecular weight excluding hydrogens is 323 g/mol. The number of hydrogen-bond donors (Lipinski definition) is 1. The third-order valence-electron chi connectivity index (χ3n) is 4.35. The summed E-state index contributed by atoms with van der Waals surface area (Å²) in [5, 5.41) is 7.43. The predicted octanol–water partition coefficient (Wildman–Crippen LogP) is 2.43. The fourth-order valence-electron chi connectivity index (χ4n) is 3.03. The van der Waals surface area contributed by atoms with Gasteiger partial charge in [0.2, 0.25) is 5.95 Å². The Morgan fingerprint density at radius 3 is 2.80 bits per heavy atom. The number of aryl methyl sites for hydroxylation is 1. The molecule has 1 fully saturated rings. The minimum atomic E-state index is -0.830. The van der Waals surface area contributed by atoms with Crippen LogP contribution in [0.5, 0.6) is 0 Å². The standard InChI is InChI=1S/C16H21FN8/c1-10(2)25-9-18-13-14(20-12-6-19-23(3)8-12)21-16(22-15(13)25)24-5-4-11(17)7-24/h6,8-11H,4-5,7H2,1-3H3,(H,20,21,22). The molecule has 1 N–H and O–H groups in total. The van der Waals surface area contributed by atoms with E-state index in [2.05, 4.69) is 39.2 Å². The van der Waals surface area contributed by atoms with E-state index in [1.165, 1.54) is 0 Å². The van der Waals surface area contributed by atoms with Gasteiger partial charge in [-0.2, -0.15) is 15.1 Å². The molecule has 1 atom stereocenters.